The molecule has 0 bridgehead atoms. The van der Waals surface area contributed by atoms with Gasteiger partial charge in [-0.2, -0.15) is 0 Å². The molecule has 4 heteroatoms. The quantitative estimate of drug-likeness (QED) is 0.779. The van der Waals surface area contributed by atoms with Gasteiger partial charge in [-0.3, -0.25) is 0 Å². The SMILES string of the molecule is COCc1c(F)cc(CN)cc1F. The van der Waals surface area contributed by atoms with Crippen LogP contribution in [0, 0.1) is 11.6 Å². The third-order valence-electron chi connectivity index (χ3n) is 1.73. The zero-order chi connectivity index (χ0) is 9.84. The van der Waals surface area contributed by atoms with Crippen molar-refractivity contribution in [1.29, 1.82) is 0 Å². The summed E-state index contributed by atoms with van der Waals surface area (Å²) in [4.78, 5) is 0. The lowest BCUT2D eigenvalue weighted by atomic mass is 10.1. The molecule has 0 saturated carbocycles. The van der Waals surface area contributed by atoms with Crippen LogP contribution in [0.5, 0.6) is 0 Å². The van der Waals surface area contributed by atoms with E-state index in [1.54, 1.807) is 0 Å². The van der Waals surface area contributed by atoms with E-state index in [4.69, 9.17) is 5.73 Å². The van der Waals surface area contributed by atoms with Crippen molar-refractivity contribution < 1.29 is 13.5 Å². The van der Waals surface area contributed by atoms with Crippen LogP contribution < -0.4 is 5.73 Å². The van der Waals surface area contributed by atoms with Gasteiger partial charge in [-0.05, 0) is 17.7 Å². The Morgan fingerprint density at radius 1 is 1.31 bits per heavy atom. The minimum atomic E-state index is -0.609. The van der Waals surface area contributed by atoms with Gasteiger partial charge in [-0.1, -0.05) is 0 Å². The van der Waals surface area contributed by atoms with Gasteiger partial charge in [0.05, 0.1) is 6.61 Å². The Bertz CT molecular complexity index is 279. The second-order valence-corrected chi connectivity index (χ2v) is 2.68. The van der Waals surface area contributed by atoms with E-state index < -0.39 is 11.6 Å². The lowest BCUT2D eigenvalue weighted by molar-refractivity contribution is 0.177. The van der Waals surface area contributed by atoms with Gasteiger partial charge in [0, 0.05) is 19.2 Å². The zero-order valence-corrected chi connectivity index (χ0v) is 7.31. The fourth-order valence-corrected chi connectivity index (χ4v) is 1.06. The summed E-state index contributed by atoms with van der Waals surface area (Å²) in [5.41, 5.74) is 5.63. The maximum absolute atomic E-state index is 13.1. The first-order valence-corrected chi connectivity index (χ1v) is 3.84. The fraction of sp³-hybridized carbons (Fsp3) is 0.333. The van der Waals surface area contributed by atoms with E-state index in [0.717, 1.165) is 0 Å². The van der Waals surface area contributed by atoms with Gasteiger partial charge < -0.3 is 10.5 Å². The third kappa shape index (κ3) is 2.23. The number of nitrogens with two attached hydrogens (primary N) is 1. The molecule has 1 rings (SSSR count). The monoisotopic (exact) mass is 187 g/mol. The van der Waals surface area contributed by atoms with E-state index in [1.165, 1.54) is 19.2 Å². The number of hydrogen-bond donors (Lipinski definition) is 1. The predicted molar refractivity (Wildman–Crippen MR) is 45.0 cm³/mol. The molecule has 72 valence electrons. The lowest BCUT2D eigenvalue weighted by Gasteiger charge is -2.05. The minimum absolute atomic E-state index is 0.0558. The summed E-state index contributed by atoms with van der Waals surface area (Å²) in [6, 6.07) is 2.44. The molecule has 0 unspecified atom stereocenters. The third-order valence-corrected chi connectivity index (χ3v) is 1.73. The molecular formula is C9H11F2NO. The summed E-state index contributed by atoms with van der Waals surface area (Å²) in [6.45, 7) is 0.0591. The van der Waals surface area contributed by atoms with Crippen molar-refractivity contribution in [2.45, 2.75) is 13.2 Å². The highest BCUT2D eigenvalue weighted by Crippen LogP contribution is 2.15. The van der Waals surface area contributed by atoms with Gasteiger partial charge >= 0.3 is 0 Å². The smallest absolute Gasteiger partial charge is 0.131 e. The number of benzene rings is 1. The summed E-state index contributed by atoms with van der Waals surface area (Å²) in [5.74, 6) is -1.22. The molecule has 0 spiro atoms. The van der Waals surface area contributed by atoms with E-state index in [9.17, 15) is 8.78 Å². The number of rotatable bonds is 3. The molecule has 1 aromatic carbocycles. The number of halogens is 2. The van der Waals surface area contributed by atoms with Crippen molar-refractivity contribution in [2.24, 2.45) is 5.73 Å². The molecule has 0 fully saturated rings. The lowest BCUT2D eigenvalue weighted by Crippen LogP contribution is -2.03. The Balaban J connectivity index is 3.07. The van der Waals surface area contributed by atoms with Crippen LogP contribution >= 0.6 is 0 Å². The van der Waals surface area contributed by atoms with E-state index in [0.29, 0.717) is 5.56 Å². The van der Waals surface area contributed by atoms with Crippen LogP contribution in [0.15, 0.2) is 12.1 Å². The molecule has 13 heavy (non-hydrogen) atoms. The number of methoxy groups -OCH3 is 1. The van der Waals surface area contributed by atoms with Gasteiger partial charge in [-0.15, -0.1) is 0 Å². The first kappa shape index (κ1) is 10.1. The Morgan fingerprint density at radius 3 is 2.23 bits per heavy atom. The van der Waals surface area contributed by atoms with Crippen LogP contribution in [0.2, 0.25) is 0 Å². The van der Waals surface area contributed by atoms with E-state index >= 15 is 0 Å². The van der Waals surface area contributed by atoms with E-state index in [2.05, 4.69) is 4.74 Å². The molecule has 0 aliphatic carbocycles. The highest BCUT2D eigenvalue weighted by molar-refractivity contribution is 5.25. The molecule has 1 aromatic rings. The highest BCUT2D eigenvalue weighted by atomic mass is 19.1. The van der Waals surface area contributed by atoms with Gasteiger partial charge in [0.2, 0.25) is 0 Å². The average molecular weight is 187 g/mol. The van der Waals surface area contributed by atoms with Crippen molar-refractivity contribution in [2.75, 3.05) is 7.11 Å². The summed E-state index contributed by atoms with van der Waals surface area (Å²) in [6.07, 6.45) is 0. The summed E-state index contributed by atoms with van der Waals surface area (Å²) < 4.78 is 30.9. The van der Waals surface area contributed by atoms with Crippen LogP contribution in [0.25, 0.3) is 0 Å². The van der Waals surface area contributed by atoms with Crippen LogP contribution in [0.1, 0.15) is 11.1 Å². The van der Waals surface area contributed by atoms with Gasteiger partial charge in [0.15, 0.2) is 0 Å². The van der Waals surface area contributed by atoms with Crippen LogP contribution in [-0.2, 0) is 17.9 Å². The predicted octanol–water partition coefficient (Wildman–Crippen LogP) is 1.57. The van der Waals surface area contributed by atoms with Crippen molar-refractivity contribution in [3.8, 4) is 0 Å². The molecule has 0 aliphatic heterocycles. The average Bonchev–Trinajstić information content (AvgIpc) is 2.11. The summed E-state index contributed by atoms with van der Waals surface area (Å²) in [7, 11) is 1.38. The minimum Gasteiger partial charge on any atom is -0.380 e. The van der Waals surface area contributed by atoms with Crippen molar-refractivity contribution >= 4 is 0 Å². The topological polar surface area (TPSA) is 35.2 Å². The molecule has 0 radical (unpaired) electrons. The molecule has 2 N–H and O–H groups in total. The molecule has 0 aliphatic rings. The summed E-state index contributed by atoms with van der Waals surface area (Å²) in [5, 5.41) is 0. The Morgan fingerprint density at radius 2 is 1.85 bits per heavy atom. The maximum Gasteiger partial charge on any atom is 0.131 e. The zero-order valence-electron chi connectivity index (χ0n) is 7.31. The molecular weight excluding hydrogens is 176 g/mol. The van der Waals surface area contributed by atoms with Gasteiger partial charge in [0.25, 0.3) is 0 Å². The van der Waals surface area contributed by atoms with Crippen molar-refractivity contribution in [1.82, 2.24) is 0 Å². The maximum atomic E-state index is 13.1. The van der Waals surface area contributed by atoms with Gasteiger partial charge in [0.1, 0.15) is 11.6 Å². The molecule has 2 nitrogen and oxygen atoms in total. The number of hydrogen-bond acceptors (Lipinski definition) is 2. The largest absolute Gasteiger partial charge is 0.380 e. The van der Waals surface area contributed by atoms with Crippen molar-refractivity contribution in [3.05, 3.63) is 34.9 Å². The Hall–Kier alpha value is -1.00. The second kappa shape index (κ2) is 4.30. The molecule has 0 heterocycles. The van der Waals surface area contributed by atoms with Gasteiger partial charge in [-0.25, -0.2) is 8.78 Å². The van der Waals surface area contributed by atoms with Crippen molar-refractivity contribution in [3.63, 3.8) is 0 Å². The second-order valence-electron chi connectivity index (χ2n) is 2.68. The van der Waals surface area contributed by atoms with Crippen LogP contribution in [0.4, 0.5) is 8.78 Å². The molecule has 0 amide bonds. The van der Waals surface area contributed by atoms with Crippen LogP contribution in [0.3, 0.4) is 0 Å². The Labute approximate surface area is 75.3 Å². The first-order valence-electron chi connectivity index (χ1n) is 3.84. The molecule has 0 aromatic heterocycles. The first-order chi connectivity index (χ1) is 6.19. The van der Waals surface area contributed by atoms with E-state index in [-0.39, 0.29) is 18.7 Å². The van der Waals surface area contributed by atoms with E-state index in [1.807, 2.05) is 0 Å². The van der Waals surface area contributed by atoms with Crippen LogP contribution in [-0.4, -0.2) is 7.11 Å². The highest BCUT2D eigenvalue weighted by Gasteiger charge is 2.09. The fourth-order valence-electron chi connectivity index (χ4n) is 1.06. The Kier molecular flexibility index (Phi) is 3.33. The normalized spacial score (nSPS) is 10.5. The molecule has 0 atom stereocenters. The standard InChI is InChI=1S/C9H11F2NO/c1-13-5-7-8(10)2-6(4-12)3-9(7)11/h2-3H,4-5,12H2,1H3. The molecule has 0 saturated heterocycles. The number of ether oxygens (including phenoxy) is 1. The summed E-state index contributed by atoms with van der Waals surface area (Å²) >= 11 is 0.